The Kier molecular flexibility index (Phi) is 4.65. The molecule has 0 unspecified atom stereocenters. The maximum Gasteiger partial charge on any atom is 0.258 e. The van der Waals surface area contributed by atoms with Gasteiger partial charge in [0.25, 0.3) is 5.91 Å². The highest BCUT2D eigenvalue weighted by Crippen LogP contribution is 2.52. The second kappa shape index (κ2) is 7.11. The summed E-state index contributed by atoms with van der Waals surface area (Å²) < 4.78 is 0. The fraction of sp³-hybridized carbons (Fsp3) is 0.368. The number of hydrogen-bond acceptors (Lipinski definition) is 4. The molecule has 0 radical (unpaired) electrons. The first kappa shape index (κ1) is 17.7. The van der Waals surface area contributed by atoms with Crippen LogP contribution < -0.4 is 16.2 Å². The number of thiocarbonyl (C=S) groups is 1. The molecule has 1 aliphatic heterocycles. The van der Waals surface area contributed by atoms with Crippen molar-refractivity contribution in [2.75, 3.05) is 6.54 Å². The Hall–Kier alpha value is -2.74. The highest BCUT2D eigenvalue weighted by molar-refractivity contribution is 7.80. The molecule has 1 saturated heterocycles. The largest absolute Gasteiger partial charge is 0.357 e. The van der Waals surface area contributed by atoms with Gasteiger partial charge in [-0.25, -0.2) is 0 Å². The Morgan fingerprint density at radius 1 is 1.04 bits per heavy atom. The molecule has 2 bridgehead atoms. The first-order chi connectivity index (χ1) is 13.0. The number of imide groups is 1. The van der Waals surface area contributed by atoms with Gasteiger partial charge in [0.2, 0.25) is 11.8 Å². The van der Waals surface area contributed by atoms with Crippen molar-refractivity contribution in [2.45, 2.75) is 13.0 Å². The van der Waals surface area contributed by atoms with E-state index >= 15 is 0 Å². The van der Waals surface area contributed by atoms with Crippen molar-refractivity contribution in [1.29, 1.82) is 0 Å². The zero-order valence-electron chi connectivity index (χ0n) is 14.6. The van der Waals surface area contributed by atoms with Crippen LogP contribution in [0.2, 0.25) is 0 Å². The van der Waals surface area contributed by atoms with E-state index in [1.807, 2.05) is 42.5 Å². The van der Waals surface area contributed by atoms with Gasteiger partial charge in [-0.15, -0.1) is 0 Å². The number of nitrogens with zero attached hydrogens (tertiary/aromatic N) is 1. The Bertz CT molecular complexity index is 796. The van der Waals surface area contributed by atoms with Crippen molar-refractivity contribution in [3.8, 4) is 0 Å². The molecular weight excluding hydrogens is 364 g/mol. The lowest BCUT2D eigenvalue weighted by molar-refractivity contribution is -0.144. The van der Waals surface area contributed by atoms with Gasteiger partial charge in [-0.3, -0.25) is 30.1 Å². The number of hydrazine groups is 1. The fourth-order valence-corrected chi connectivity index (χ4v) is 4.38. The van der Waals surface area contributed by atoms with Crippen molar-refractivity contribution in [3.05, 3.63) is 48.0 Å². The minimum absolute atomic E-state index is 0.136. The summed E-state index contributed by atoms with van der Waals surface area (Å²) in [4.78, 5) is 38.3. The van der Waals surface area contributed by atoms with Crippen LogP contribution in [-0.2, 0) is 20.9 Å². The molecule has 2 fully saturated rings. The van der Waals surface area contributed by atoms with Gasteiger partial charge in [-0.05, 0) is 36.0 Å². The molecule has 1 saturated carbocycles. The molecule has 7 nitrogen and oxygen atoms in total. The molecular formula is C19H20N4O3S. The summed E-state index contributed by atoms with van der Waals surface area (Å²) in [5.74, 6) is -1.26. The Morgan fingerprint density at radius 2 is 1.67 bits per heavy atom. The summed E-state index contributed by atoms with van der Waals surface area (Å²) in [5.41, 5.74) is 6.08. The molecule has 3 aliphatic rings. The van der Waals surface area contributed by atoms with Gasteiger partial charge in [0, 0.05) is 6.54 Å². The summed E-state index contributed by atoms with van der Waals surface area (Å²) in [6.45, 7) is 0.225. The number of likely N-dealkylation sites (tertiary alicyclic amines) is 1. The van der Waals surface area contributed by atoms with E-state index in [4.69, 9.17) is 12.2 Å². The number of benzene rings is 1. The maximum absolute atomic E-state index is 12.6. The Balaban J connectivity index is 1.25. The van der Waals surface area contributed by atoms with Gasteiger partial charge in [0.1, 0.15) is 6.54 Å². The van der Waals surface area contributed by atoms with E-state index in [0.717, 1.165) is 16.9 Å². The van der Waals surface area contributed by atoms with Crippen molar-refractivity contribution in [3.63, 3.8) is 0 Å². The monoisotopic (exact) mass is 384 g/mol. The third kappa shape index (κ3) is 3.32. The standard InChI is InChI=1S/C19H20N4O3S/c24-14(21-22-19(27)20-9-11-4-2-1-3-5-11)10-23-17(25)15-12-6-7-13(8-12)16(15)18(23)26/h1-7,12-13,15-16H,8-10H2,(H,21,24)(H2,20,22,27)/t12-,13+,15-,16-/m0/s1. The van der Waals surface area contributed by atoms with Gasteiger partial charge in [0.05, 0.1) is 11.8 Å². The zero-order valence-corrected chi connectivity index (χ0v) is 15.4. The predicted octanol–water partition coefficient (Wildman–Crippen LogP) is 0.489. The lowest BCUT2D eigenvalue weighted by atomic mass is 9.85. The molecule has 0 spiro atoms. The number of fused-ring (bicyclic) bond motifs is 5. The second-order valence-electron chi connectivity index (χ2n) is 7.10. The number of rotatable bonds is 4. The van der Waals surface area contributed by atoms with Crippen LogP contribution in [0.15, 0.2) is 42.5 Å². The summed E-state index contributed by atoms with van der Waals surface area (Å²) in [5, 5.41) is 3.22. The quantitative estimate of drug-likeness (QED) is 0.303. The molecule has 4 rings (SSSR count). The maximum atomic E-state index is 12.6. The molecule has 27 heavy (non-hydrogen) atoms. The lowest BCUT2D eigenvalue weighted by Gasteiger charge is -2.17. The topological polar surface area (TPSA) is 90.5 Å². The predicted molar refractivity (Wildman–Crippen MR) is 102 cm³/mol. The van der Waals surface area contributed by atoms with Gasteiger partial charge < -0.3 is 5.32 Å². The number of carbonyl (C=O) groups excluding carboxylic acids is 3. The van der Waals surface area contributed by atoms with Crippen molar-refractivity contribution in [2.24, 2.45) is 23.7 Å². The van der Waals surface area contributed by atoms with Crippen LogP contribution in [0.25, 0.3) is 0 Å². The summed E-state index contributed by atoms with van der Waals surface area (Å²) in [6, 6.07) is 9.69. The molecule has 1 heterocycles. The van der Waals surface area contributed by atoms with Crippen molar-refractivity contribution in [1.82, 2.24) is 21.1 Å². The molecule has 1 aromatic rings. The minimum atomic E-state index is -0.485. The molecule has 3 N–H and O–H groups in total. The van der Waals surface area contributed by atoms with Crippen molar-refractivity contribution < 1.29 is 14.4 Å². The smallest absolute Gasteiger partial charge is 0.258 e. The average Bonchev–Trinajstić information content (AvgIpc) is 3.35. The van der Waals surface area contributed by atoms with Gasteiger partial charge in [0.15, 0.2) is 5.11 Å². The average molecular weight is 384 g/mol. The number of amides is 3. The molecule has 8 heteroatoms. The van der Waals surface area contributed by atoms with Crippen LogP contribution in [-0.4, -0.2) is 34.3 Å². The molecule has 2 aliphatic carbocycles. The molecule has 3 amide bonds. The van der Waals surface area contributed by atoms with Gasteiger partial charge in [-0.1, -0.05) is 42.5 Å². The van der Waals surface area contributed by atoms with E-state index in [1.165, 1.54) is 0 Å². The Labute approximate surface area is 162 Å². The van der Waals surface area contributed by atoms with E-state index in [2.05, 4.69) is 16.2 Å². The molecule has 0 aromatic heterocycles. The van der Waals surface area contributed by atoms with Gasteiger partial charge in [-0.2, -0.15) is 0 Å². The molecule has 140 valence electrons. The van der Waals surface area contributed by atoms with Crippen LogP contribution >= 0.6 is 12.2 Å². The van der Waals surface area contributed by atoms with Crippen LogP contribution in [0.1, 0.15) is 12.0 Å². The highest BCUT2D eigenvalue weighted by atomic mass is 32.1. The van der Waals surface area contributed by atoms with Gasteiger partial charge >= 0.3 is 0 Å². The third-order valence-electron chi connectivity index (χ3n) is 5.47. The normalized spacial score (nSPS) is 27.6. The van der Waals surface area contributed by atoms with Crippen LogP contribution in [0.5, 0.6) is 0 Å². The number of allylic oxidation sites excluding steroid dienone is 2. The van der Waals surface area contributed by atoms with E-state index in [1.54, 1.807) is 0 Å². The third-order valence-corrected chi connectivity index (χ3v) is 5.72. The van der Waals surface area contributed by atoms with Crippen LogP contribution in [0.3, 0.4) is 0 Å². The fourth-order valence-electron chi connectivity index (χ4n) is 4.25. The van der Waals surface area contributed by atoms with Crippen molar-refractivity contribution >= 4 is 35.1 Å². The summed E-state index contributed by atoms with van der Waals surface area (Å²) in [7, 11) is 0. The van der Waals surface area contributed by atoms with Crippen LogP contribution in [0.4, 0.5) is 0 Å². The number of nitrogens with one attached hydrogen (secondary N) is 3. The summed E-state index contributed by atoms with van der Waals surface area (Å²) >= 11 is 5.11. The van der Waals surface area contributed by atoms with E-state index in [-0.39, 0.29) is 47.1 Å². The minimum Gasteiger partial charge on any atom is -0.357 e. The SMILES string of the molecule is O=C(CN1C(=O)[C@@H]2[C@@H](C1=O)[C@H]1C=C[C@@H]2C1)NNC(=S)NCc1ccccc1. The summed E-state index contributed by atoms with van der Waals surface area (Å²) in [6.07, 6.45) is 4.92. The molecule has 1 aromatic carbocycles. The number of hydrogen-bond donors (Lipinski definition) is 3. The second-order valence-corrected chi connectivity index (χ2v) is 7.51. The highest BCUT2D eigenvalue weighted by Gasteiger charge is 2.59. The molecule has 4 atom stereocenters. The first-order valence-electron chi connectivity index (χ1n) is 8.95. The van der Waals surface area contributed by atoms with E-state index < -0.39 is 5.91 Å². The lowest BCUT2D eigenvalue weighted by Crippen LogP contribution is -2.50. The first-order valence-corrected chi connectivity index (χ1v) is 9.35. The van der Waals surface area contributed by atoms with E-state index in [0.29, 0.717) is 6.54 Å². The zero-order chi connectivity index (χ0) is 19.0. The Morgan fingerprint density at radius 3 is 2.30 bits per heavy atom. The van der Waals surface area contributed by atoms with E-state index in [9.17, 15) is 14.4 Å². The van der Waals surface area contributed by atoms with Crippen LogP contribution in [0, 0.1) is 23.7 Å². The number of carbonyl (C=O) groups is 3.